The minimum absolute atomic E-state index is 0.0565. The highest BCUT2D eigenvalue weighted by molar-refractivity contribution is 7.11. The summed E-state index contributed by atoms with van der Waals surface area (Å²) in [6.07, 6.45) is -4.72. The number of hydrogen-bond acceptors (Lipinski definition) is 4. The highest BCUT2D eigenvalue weighted by Crippen LogP contribution is 2.33. The first-order chi connectivity index (χ1) is 7.99. The van der Waals surface area contributed by atoms with Crippen LogP contribution in [0.4, 0.5) is 13.2 Å². The van der Waals surface area contributed by atoms with Crippen molar-refractivity contribution in [1.82, 2.24) is 4.98 Å². The van der Waals surface area contributed by atoms with Gasteiger partial charge in [-0.05, 0) is 27.7 Å². The van der Waals surface area contributed by atoms with Crippen LogP contribution < -0.4 is 0 Å². The Balaban J connectivity index is 2.79. The average molecular weight is 281 g/mol. The summed E-state index contributed by atoms with van der Waals surface area (Å²) in [5.41, 5.74) is -1.58. The number of ether oxygens (including phenoxy) is 1. The second-order valence-electron chi connectivity index (χ2n) is 4.77. The fraction of sp³-hybridized carbons (Fsp3) is 0.636. The Morgan fingerprint density at radius 1 is 1.33 bits per heavy atom. The molecule has 1 aromatic heterocycles. The lowest BCUT2D eigenvalue weighted by Crippen LogP contribution is -2.24. The van der Waals surface area contributed by atoms with Crippen molar-refractivity contribution in [3.05, 3.63) is 15.6 Å². The molecule has 0 spiro atoms. The van der Waals surface area contributed by atoms with E-state index in [-0.39, 0.29) is 16.3 Å². The van der Waals surface area contributed by atoms with Gasteiger partial charge in [0, 0.05) is 4.88 Å². The third-order valence-corrected chi connectivity index (χ3v) is 2.80. The Labute approximate surface area is 107 Å². The Morgan fingerprint density at radius 2 is 1.89 bits per heavy atom. The Hall–Kier alpha value is -1.11. The van der Waals surface area contributed by atoms with Crippen LogP contribution in [0.5, 0.6) is 0 Å². The van der Waals surface area contributed by atoms with E-state index >= 15 is 0 Å². The summed E-state index contributed by atoms with van der Waals surface area (Å²) in [6, 6.07) is 0. The molecule has 1 heterocycles. The molecule has 0 fully saturated rings. The Kier molecular flexibility index (Phi) is 4.05. The number of rotatable bonds is 2. The summed E-state index contributed by atoms with van der Waals surface area (Å²) in [7, 11) is 0. The van der Waals surface area contributed by atoms with Gasteiger partial charge in [0.25, 0.3) is 0 Å². The molecule has 18 heavy (non-hydrogen) atoms. The molecule has 1 rings (SSSR count). The van der Waals surface area contributed by atoms with Crippen LogP contribution in [0.2, 0.25) is 0 Å². The molecule has 0 radical (unpaired) electrons. The summed E-state index contributed by atoms with van der Waals surface area (Å²) in [6.45, 7) is 6.41. The molecule has 0 saturated heterocycles. The number of halogens is 3. The van der Waals surface area contributed by atoms with Crippen molar-refractivity contribution >= 4 is 17.3 Å². The zero-order chi connectivity index (χ0) is 14.1. The maximum Gasteiger partial charge on any atom is 0.434 e. The quantitative estimate of drug-likeness (QED) is 0.780. The van der Waals surface area contributed by atoms with Gasteiger partial charge in [0.15, 0.2) is 5.69 Å². The predicted octanol–water partition coefficient (Wildman–Crippen LogP) is 3.35. The van der Waals surface area contributed by atoms with E-state index in [4.69, 9.17) is 4.74 Å². The number of nitrogens with zero attached hydrogens (tertiary/aromatic N) is 1. The third kappa shape index (κ3) is 4.29. The smallest absolute Gasteiger partial charge is 0.434 e. The van der Waals surface area contributed by atoms with Crippen LogP contribution in [-0.4, -0.2) is 16.6 Å². The van der Waals surface area contributed by atoms with Gasteiger partial charge in [-0.2, -0.15) is 13.2 Å². The molecule has 0 aromatic carbocycles. The van der Waals surface area contributed by atoms with E-state index in [1.54, 1.807) is 20.8 Å². The van der Waals surface area contributed by atoms with Crippen LogP contribution in [0, 0.1) is 6.92 Å². The summed E-state index contributed by atoms with van der Waals surface area (Å²) >= 11 is 0.864. The standard InChI is InChI=1S/C11H14F3NO2S/c1-6-9(11(12,13)14)15-7(18-6)5-8(16)17-10(2,3)4/h5H2,1-4H3. The molecular weight excluding hydrogens is 267 g/mol. The van der Waals surface area contributed by atoms with E-state index in [9.17, 15) is 18.0 Å². The van der Waals surface area contributed by atoms with Crippen molar-refractivity contribution in [2.24, 2.45) is 0 Å². The van der Waals surface area contributed by atoms with Gasteiger partial charge >= 0.3 is 12.1 Å². The monoisotopic (exact) mass is 281 g/mol. The molecule has 3 nitrogen and oxygen atoms in total. The minimum Gasteiger partial charge on any atom is -0.460 e. The maximum atomic E-state index is 12.5. The van der Waals surface area contributed by atoms with Gasteiger partial charge in [0.2, 0.25) is 0 Å². The first-order valence-corrected chi connectivity index (χ1v) is 6.06. The topological polar surface area (TPSA) is 39.2 Å². The van der Waals surface area contributed by atoms with Gasteiger partial charge in [0.05, 0.1) is 6.42 Å². The van der Waals surface area contributed by atoms with Crippen molar-refractivity contribution < 1.29 is 22.7 Å². The van der Waals surface area contributed by atoms with Crippen LogP contribution in [0.3, 0.4) is 0 Å². The molecule has 0 bridgehead atoms. The number of thiazole rings is 1. The summed E-state index contributed by atoms with van der Waals surface area (Å²) in [4.78, 5) is 15.0. The Bertz CT molecular complexity index is 446. The summed E-state index contributed by atoms with van der Waals surface area (Å²) in [5.74, 6) is -0.579. The first-order valence-electron chi connectivity index (χ1n) is 5.24. The molecular formula is C11H14F3NO2S. The first kappa shape index (κ1) is 14.9. The Morgan fingerprint density at radius 3 is 2.28 bits per heavy atom. The van der Waals surface area contributed by atoms with Crippen molar-refractivity contribution in [2.75, 3.05) is 0 Å². The van der Waals surface area contributed by atoms with Crippen LogP contribution in [0.1, 0.15) is 36.3 Å². The normalized spacial score (nSPS) is 12.6. The van der Waals surface area contributed by atoms with E-state index in [1.807, 2.05) is 0 Å². The molecule has 7 heteroatoms. The minimum atomic E-state index is -4.48. The SMILES string of the molecule is Cc1sc(CC(=O)OC(C)(C)C)nc1C(F)(F)F. The molecule has 0 aliphatic carbocycles. The van der Waals surface area contributed by atoms with E-state index in [0.29, 0.717) is 0 Å². The molecule has 0 aliphatic rings. The number of hydrogen-bond donors (Lipinski definition) is 0. The molecule has 102 valence electrons. The van der Waals surface area contributed by atoms with Crippen molar-refractivity contribution in [3.8, 4) is 0 Å². The molecule has 0 saturated carbocycles. The van der Waals surface area contributed by atoms with Crippen molar-refractivity contribution in [3.63, 3.8) is 0 Å². The number of alkyl halides is 3. The number of carbonyl (C=O) groups is 1. The summed E-state index contributed by atoms with van der Waals surface area (Å²) < 4.78 is 42.5. The van der Waals surface area contributed by atoms with Gasteiger partial charge in [-0.3, -0.25) is 4.79 Å². The molecule has 0 unspecified atom stereocenters. The number of aryl methyl sites for hydroxylation is 1. The zero-order valence-corrected chi connectivity index (χ0v) is 11.3. The van der Waals surface area contributed by atoms with Crippen LogP contribution in [0.25, 0.3) is 0 Å². The van der Waals surface area contributed by atoms with E-state index in [2.05, 4.69) is 4.98 Å². The predicted molar refractivity (Wildman–Crippen MR) is 61.4 cm³/mol. The zero-order valence-electron chi connectivity index (χ0n) is 10.5. The molecule has 1 aromatic rings. The van der Waals surface area contributed by atoms with Gasteiger partial charge in [-0.25, -0.2) is 4.98 Å². The van der Waals surface area contributed by atoms with Crippen molar-refractivity contribution in [2.45, 2.75) is 45.9 Å². The highest BCUT2D eigenvalue weighted by atomic mass is 32.1. The third-order valence-electron chi connectivity index (χ3n) is 1.82. The lowest BCUT2D eigenvalue weighted by molar-refractivity contribution is -0.154. The number of aromatic nitrogens is 1. The molecule has 0 amide bonds. The summed E-state index contributed by atoms with van der Waals surface area (Å²) in [5, 5.41) is 0.120. The van der Waals surface area contributed by atoms with Gasteiger partial charge in [-0.1, -0.05) is 0 Å². The maximum absolute atomic E-state index is 12.5. The average Bonchev–Trinajstić information content (AvgIpc) is 2.41. The fourth-order valence-corrected chi connectivity index (χ4v) is 2.23. The molecule has 0 N–H and O–H groups in total. The van der Waals surface area contributed by atoms with Crippen LogP contribution in [-0.2, 0) is 22.1 Å². The fourth-order valence-electron chi connectivity index (χ4n) is 1.29. The van der Waals surface area contributed by atoms with Gasteiger partial charge in [0.1, 0.15) is 10.6 Å². The van der Waals surface area contributed by atoms with Crippen LogP contribution >= 0.6 is 11.3 Å². The lowest BCUT2D eigenvalue weighted by atomic mass is 10.2. The van der Waals surface area contributed by atoms with E-state index in [0.717, 1.165) is 11.3 Å². The largest absolute Gasteiger partial charge is 0.460 e. The van der Waals surface area contributed by atoms with E-state index in [1.165, 1.54) is 6.92 Å². The second-order valence-corrected chi connectivity index (χ2v) is 6.06. The molecule has 0 aliphatic heterocycles. The highest BCUT2D eigenvalue weighted by Gasteiger charge is 2.36. The lowest BCUT2D eigenvalue weighted by Gasteiger charge is -2.18. The number of carbonyl (C=O) groups excluding carboxylic acids is 1. The van der Waals surface area contributed by atoms with Gasteiger partial charge in [-0.15, -0.1) is 11.3 Å². The van der Waals surface area contributed by atoms with Crippen LogP contribution in [0.15, 0.2) is 0 Å². The van der Waals surface area contributed by atoms with E-state index < -0.39 is 23.4 Å². The van der Waals surface area contributed by atoms with Crippen molar-refractivity contribution in [1.29, 1.82) is 0 Å². The number of esters is 1. The second kappa shape index (κ2) is 4.87. The molecule has 0 atom stereocenters. The van der Waals surface area contributed by atoms with Gasteiger partial charge < -0.3 is 4.74 Å².